The molecule has 1 aromatic heterocycles. The van der Waals surface area contributed by atoms with Crippen molar-refractivity contribution < 1.29 is 34.8 Å². The topological polar surface area (TPSA) is 66.1 Å². The van der Waals surface area contributed by atoms with Gasteiger partial charge in [-0.05, 0) is 48.0 Å². The maximum Gasteiger partial charge on any atom is 0.416 e. The van der Waals surface area contributed by atoms with Gasteiger partial charge in [0.2, 0.25) is 0 Å². The lowest BCUT2D eigenvalue weighted by Crippen LogP contribution is -2.33. The van der Waals surface area contributed by atoms with E-state index in [0.29, 0.717) is 23.4 Å². The Labute approximate surface area is 191 Å². The van der Waals surface area contributed by atoms with Gasteiger partial charge in [-0.3, -0.25) is 9.40 Å². The van der Waals surface area contributed by atoms with Crippen molar-refractivity contribution in [3.63, 3.8) is 0 Å². The fourth-order valence-electron chi connectivity index (χ4n) is 3.41. The minimum absolute atomic E-state index is 0.00241. The summed E-state index contributed by atoms with van der Waals surface area (Å²) in [7, 11) is -4.40. The van der Waals surface area contributed by atoms with Gasteiger partial charge in [0.1, 0.15) is 0 Å². The van der Waals surface area contributed by atoms with Crippen molar-refractivity contribution in [1.29, 1.82) is 0 Å². The molecule has 0 saturated heterocycles. The van der Waals surface area contributed by atoms with Crippen molar-refractivity contribution in [1.82, 2.24) is 14.5 Å². The molecule has 1 N–H and O–H groups in total. The van der Waals surface area contributed by atoms with Gasteiger partial charge in [0, 0.05) is 16.2 Å². The molecule has 2 heterocycles. The van der Waals surface area contributed by atoms with Gasteiger partial charge in [-0.25, -0.2) is 8.42 Å². The van der Waals surface area contributed by atoms with Gasteiger partial charge >= 0.3 is 12.4 Å². The Hall–Kier alpha value is -2.80. The molecule has 0 fully saturated rings. The van der Waals surface area contributed by atoms with Crippen LogP contribution < -0.4 is 0 Å². The highest BCUT2D eigenvalue weighted by molar-refractivity contribution is 9.10. The van der Waals surface area contributed by atoms with Crippen LogP contribution in [-0.2, 0) is 22.4 Å². The second-order valence-electron chi connectivity index (χ2n) is 7.05. The third kappa shape index (κ3) is 4.26. The fraction of sp³-hybridized carbons (Fsp3) is 0.150. The molecule has 3 aromatic rings. The number of aromatic nitrogens is 2. The van der Waals surface area contributed by atoms with Crippen LogP contribution in [0.3, 0.4) is 0 Å². The van der Waals surface area contributed by atoms with E-state index in [9.17, 15) is 34.8 Å². The van der Waals surface area contributed by atoms with E-state index in [1.165, 1.54) is 18.5 Å². The van der Waals surface area contributed by atoms with Crippen LogP contribution in [0.4, 0.5) is 26.3 Å². The SMILES string of the molecule is O=S(=O)(c1ccc(C(F)(F)F)cc1)N1C=Cc2[nH]ncc2C1c1ccc(C(F)(F)F)cc1Br. The van der Waals surface area contributed by atoms with Crippen LogP contribution in [0.15, 0.2) is 64.2 Å². The van der Waals surface area contributed by atoms with E-state index in [1.54, 1.807) is 0 Å². The van der Waals surface area contributed by atoms with Gasteiger partial charge in [0.25, 0.3) is 10.0 Å². The number of nitrogens with one attached hydrogen (secondary N) is 1. The van der Waals surface area contributed by atoms with Crippen molar-refractivity contribution in [3.8, 4) is 0 Å². The van der Waals surface area contributed by atoms with E-state index in [1.807, 2.05) is 0 Å². The molecule has 0 saturated carbocycles. The van der Waals surface area contributed by atoms with Gasteiger partial charge in [-0.2, -0.15) is 31.4 Å². The number of halogens is 7. The van der Waals surface area contributed by atoms with Crippen LogP contribution in [0.2, 0.25) is 0 Å². The number of fused-ring (bicyclic) bond motifs is 1. The number of rotatable bonds is 3. The molecule has 1 unspecified atom stereocenters. The van der Waals surface area contributed by atoms with Crippen molar-refractivity contribution >= 4 is 32.0 Å². The molecule has 5 nitrogen and oxygen atoms in total. The molecule has 0 spiro atoms. The summed E-state index contributed by atoms with van der Waals surface area (Å²) >= 11 is 3.10. The zero-order valence-electron chi connectivity index (χ0n) is 16.1. The second kappa shape index (κ2) is 7.90. The van der Waals surface area contributed by atoms with Crippen LogP contribution in [0.25, 0.3) is 6.08 Å². The van der Waals surface area contributed by atoms with Crippen LogP contribution in [-0.4, -0.2) is 22.9 Å². The molecule has 1 aliphatic heterocycles. The first-order chi connectivity index (χ1) is 15.3. The Bertz CT molecular complexity index is 1330. The van der Waals surface area contributed by atoms with Gasteiger partial charge in [0.15, 0.2) is 0 Å². The molecule has 13 heteroatoms. The maximum atomic E-state index is 13.4. The summed E-state index contributed by atoms with van der Waals surface area (Å²) in [6.45, 7) is 0. The fourth-order valence-corrected chi connectivity index (χ4v) is 5.46. The second-order valence-corrected chi connectivity index (χ2v) is 9.75. The first kappa shape index (κ1) is 23.4. The Morgan fingerprint density at radius 1 is 0.909 bits per heavy atom. The predicted molar refractivity (Wildman–Crippen MR) is 109 cm³/mol. The Morgan fingerprint density at radius 3 is 2.09 bits per heavy atom. The molecular formula is C20H12BrF6N3O2S. The number of benzene rings is 2. The largest absolute Gasteiger partial charge is 0.416 e. The van der Waals surface area contributed by atoms with E-state index < -0.39 is 44.4 Å². The highest BCUT2D eigenvalue weighted by atomic mass is 79.9. The smallest absolute Gasteiger partial charge is 0.278 e. The summed E-state index contributed by atoms with van der Waals surface area (Å²) in [6, 6.07) is 4.61. The monoisotopic (exact) mass is 551 g/mol. The lowest BCUT2D eigenvalue weighted by Gasteiger charge is -2.33. The van der Waals surface area contributed by atoms with Gasteiger partial charge in [-0.15, -0.1) is 0 Å². The van der Waals surface area contributed by atoms with E-state index in [-0.39, 0.29) is 10.0 Å². The lowest BCUT2D eigenvalue weighted by molar-refractivity contribution is -0.138. The van der Waals surface area contributed by atoms with Crippen LogP contribution in [0.5, 0.6) is 0 Å². The Kier molecular flexibility index (Phi) is 5.60. The Balaban J connectivity index is 1.82. The summed E-state index contributed by atoms with van der Waals surface area (Å²) in [4.78, 5) is -0.417. The minimum Gasteiger partial charge on any atom is -0.278 e. The normalized spacial score (nSPS) is 16.7. The van der Waals surface area contributed by atoms with Crippen LogP contribution >= 0.6 is 15.9 Å². The summed E-state index contributed by atoms with van der Waals surface area (Å²) in [6.07, 6.45) is -5.34. The highest BCUT2D eigenvalue weighted by Crippen LogP contribution is 2.43. The molecule has 4 rings (SSSR count). The number of sulfonamides is 1. The minimum atomic E-state index is -4.65. The third-order valence-corrected chi connectivity index (χ3v) is 7.46. The summed E-state index contributed by atoms with van der Waals surface area (Å²) in [5.41, 5.74) is -0.978. The van der Waals surface area contributed by atoms with Crippen molar-refractivity contribution in [2.24, 2.45) is 0 Å². The standard InChI is InChI=1S/C20H12BrF6N3O2S/c21-16-9-12(20(25,26)27)3-6-14(16)18-15-10-28-29-17(15)7-8-30(18)33(31,32)13-4-1-11(2-5-13)19(22,23)24/h1-10,18H,(H,28,29). The van der Waals surface area contributed by atoms with Gasteiger partial charge in [0.05, 0.1) is 34.0 Å². The van der Waals surface area contributed by atoms with E-state index in [2.05, 4.69) is 26.1 Å². The molecule has 0 bridgehead atoms. The summed E-state index contributed by atoms with van der Waals surface area (Å²) in [5, 5.41) is 6.55. The number of aromatic amines is 1. The number of hydrogen-bond donors (Lipinski definition) is 1. The quantitative estimate of drug-likeness (QED) is 0.407. The first-order valence-corrected chi connectivity index (χ1v) is 11.3. The molecule has 174 valence electrons. The molecule has 0 amide bonds. The molecule has 2 aromatic carbocycles. The molecule has 1 atom stereocenters. The first-order valence-electron chi connectivity index (χ1n) is 9.09. The van der Waals surface area contributed by atoms with E-state index >= 15 is 0 Å². The van der Waals surface area contributed by atoms with Crippen LogP contribution in [0.1, 0.15) is 34.0 Å². The summed E-state index contributed by atoms with van der Waals surface area (Å²) < 4.78 is 106. The number of alkyl halides is 6. The zero-order valence-corrected chi connectivity index (χ0v) is 18.5. The molecule has 0 radical (unpaired) electrons. The maximum absolute atomic E-state index is 13.4. The van der Waals surface area contributed by atoms with Crippen molar-refractivity contribution in [2.75, 3.05) is 0 Å². The molecule has 0 aliphatic carbocycles. The average molecular weight is 552 g/mol. The Morgan fingerprint density at radius 2 is 1.52 bits per heavy atom. The number of nitrogens with zero attached hydrogens (tertiary/aromatic N) is 2. The highest BCUT2D eigenvalue weighted by Gasteiger charge is 2.38. The summed E-state index contributed by atoms with van der Waals surface area (Å²) in [5.74, 6) is 0. The average Bonchev–Trinajstić information content (AvgIpc) is 3.21. The van der Waals surface area contributed by atoms with E-state index in [4.69, 9.17) is 0 Å². The molecule has 1 aliphatic rings. The predicted octanol–water partition coefficient (Wildman–Crippen LogP) is 5.97. The zero-order chi connectivity index (χ0) is 24.2. The van der Waals surface area contributed by atoms with Crippen molar-refractivity contribution in [2.45, 2.75) is 23.3 Å². The molecule has 33 heavy (non-hydrogen) atoms. The number of hydrogen-bond acceptors (Lipinski definition) is 3. The molecular weight excluding hydrogens is 540 g/mol. The third-order valence-electron chi connectivity index (χ3n) is 5.02. The van der Waals surface area contributed by atoms with E-state index in [0.717, 1.165) is 34.6 Å². The van der Waals surface area contributed by atoms with Crippen molar-refractivity contribution in [3.05, 3.63) is 87.3 Å². The lowest BCUT2D eigenvalue weighted by atomic mass is 9.96. The van der Waals surface area contributed by atoms with Crippen LogP contribution in [0, 0.1) is 0 Å². The number of H-pyrrole nitrogens is 1. The van der Waals surface area contributed by atoms with Gasteiger partial charge in [-0.1, -0.05) is 22.0 Å². The van der Waals surface area contributed by atoms with Gasteiger partial charge < -0.3 is 0 Å².